The monoisotopic (exact) mass is 375 g/mol. The molecule has 1 aromatic heterocycles. The van der Waals surface area contributed by atoms with E-state index >= 15 is 0 Å². The largest absolute Gasteiger partial charge is 0.452 e. The Hall–Kier alpha value is -2.48. The molecule has 0 aliphatic heterocycles. The molecule has 0 radical (unpaired) electrons. The number of hydrogen-bond donors (Lipinski definition) is 2. The number of amides is 3. The molecule has 0 bridgehead atoms. The third-order valence-electron chi connectivity index (χ3n) is 4.60. The molecule has 3 atom stereocenters. The van der Waals surface area contributed by atoms with Gasteiger partial charge in [-0.1, -0.05) is 25.0 Å². The Kier molecular flexibility index (Phi) is 5.51. The van der Waals surface area contributed by atoms with E-state index in [0.29, 0.717) is 6.42 Å². The van der Waals surface area contributed by atoms with Gasteiger partial charge in [-0.2, -0.15) is 0 Å². The van der Waals surface area contributed by atoms with E-state index in [2.05, 4.69) is 0 Å². The van der Waals surface area contributed by atoms with E-state index in [9.17, 15) is 14.4 Å². The first kappa shape index (κ1) is 18.3. The van der Waals surface area contributed by atoms with Crippen molar-refractivity contribution >= 4 is 39.5 Å². The quantitative estimate of drug-likeness (QED) is 0.798. The van der Waals surface area contributed by atoms with E-state index in [4.69, 9.17) is 15.5 Å². The molecule has 8 heteroatoms. The van der Waals surface area contributed by atoms with Crippen LogP contribution in [-0.2, 0) is 14.3 Å². The number of fused-ring (bicyclic) bond motifs is 1. The Labute approximate surface area is 154 Å². The molecule has 1 aliphatic rings. The van der Waals surface area contributed by atoms with Gasteiger partial charge in [-0.3, -0.25) is 14.9 Å². The summed E-state index contributed by atoms with van der Waals surface area (Å²) in [6, 6.07) is 6.92. The maximum absolute atomic E-state index is 12.7. The first-order valence-electron chi connectivity index (χ1n) is 8.62. The predicted molar refractivity (Wildman–Crippen MR) is 97.6 cm³/mol. The van der Waals surface area contributed by atoms with Gasteiger partial charge in [-0.05, 0) is 31.9 Å². The van der Waals surface area contributed by atoms with Crippen molar-refractivity contribution in [1.82, 2.24) is 10.3 Å². The number of rotatable bonds is 4. The summed E-state index contributed by atoms with van der Waals surface area (Å²) in [6.07, 6.45) is 2.45. The lowest BCUT2D eigenvalue weighted by Crippen LogP contribution is -2.43. The minimum absolute atomic E-state index is 0.0138. The van der Waals surface area contributed by atoms with Crippen molar-refractivity contribution in [2.75, 3.05) is 0 Å². The molecule has 1 heterocycles. The molecule has 0 saturated heterocycles. The Morgan fingerprint density at radius 3 is 2.73 bits per heavy atom. The summed E-state index contributed by atoms with van der Waals surface area (Å²) in [7, 11) is 0. The number of benzene rings is 1. The van der Waals surface area contributed by atoms with Gasteiger partial charge in [0, 0.05) is 5.92 Å². The molecular formula is C18H21N3O4S. The summed E-state index contributed by atoms with van der Waals surface area (Å²) in [4.78, 5) is 39.9. The fourth-order valence-corrected chi connectivity index (χ4v) is 4.46. The summed E-state index contributed by atoms with van der Waals surface area (Å²) in [6.45, 7) is 1.42. The number of primary amides is 1. The van der Waals surface area contributed by atoms with E-state index in [0.717, 1.165) is 34.5 Å². The van der Waals surface area contributed by atoms with Gasteiger partial charge >= 0.3 is 12.0 Å². The van der Waals surface area contributed by atoms with Crippen LogP contribution in [0.3, 0.4) is 0 Å². The number of aromatic nitrogens is 1. The average molecular weight is 375 g/mol. The molecule has 138 valence electrons. The van der Waals surface area contributed by atoms with Gasteiger partial charge in [0.1, 0.15) is 0 Å². The van der Waals surface area contributed by atoms with Crippen LogP contribution in [-0.4, -0.2) is 29.0 Å². The maximum Gasteiger partial charge on any atom is 0.318 e. The molecule has 7 nitrogen and oxygen atoms in total. The number of nitrogens with one attached hydrogen (secondary N) is 1. The van der Waals surface area contributed by atoms with Crippen LogP contribution in [0.5, 0.6) is 0 Å². The van der Waals surface area contributed by atoms with Crippen LogP contribution in [0.2, 0.25) is 0 Å². The standard InChI is InChI=1S/C18H21N3O4S/c1-10(15(22)21-18(19)24)25-17(23)12-7-3-2-6-11(12)16-20-13-8-4-5-9-14(13)26-16/h4-5,8-12H,2-3,6-7H2,1H3,(H3,19,21,22,24)/t10-,11-,12+/m0/s1. The van der Waals surface area contributed by atoms with Crippen LogP contribution < -0.4 is 11.1 Å². The highest BCUT2D eigenvalue weighted by atomic mass is 32.1. The second-order valence-corrected chi connectivity index (χ2v) is 7.51. The van der Waals surface area contributed by atoms with E-state index in [1.165, 1.54) is 6.92 Å². The van der Waals surface area contributed by atoms with Crippen LogP contribution >= 0.6 is 11.3 Å². The summed E-state index contributed by atoms with van der Waals surface area (Å²) in [5, 5.41) is 2.86. The second-order valence-electron chi connectivity index (χ2n) is 6.45. The first-order chi connectivity index (χ1) is 12.5. The van der Waals surface area contributed by atoms with E-state index in [1.54, 1.807) is 11.3 Å². The lowest BCUT2D eigenvalue weighted by Gasteiger charge is -2.29. The first-order valence-corrected chi connectivity index (χ1v) is 9.43. The zero-order chi connectivity index (χ0) is 18.7. The fourth-order valence-electron chi connectivity index (χ4n) is 3.30. The normalized spacial score (nSPS) is 21.1. The number of imide groups is 1. The number of ether oxygens (including phenoxy) is 1. The van der Waals surface area contributed by atoms with Crippen molar-refractivity contribution < 1.29 is 19.1 Å². The fraction of sp³-hybridized carbons (Fsp3) is 0.444. The number of urea groups is 1. The summed E-state index contributed by atoms with van der Waals surface area (Å²) >= 11 is 1.60. The topological polar surface area (TPSA) is 111 Å². The van der Waals surface area contributed by atoms with Gasteiger partial charge in [-0.15, -0.1) is 11.3 Å². The highest BCUT2D eigenvalue weighted by Gasteiger charge is 2.36. The predicted octanol–water partition coefficient (Wildman–Crippen LogP) is 2.70. The number of nitrogens with zero attached hydrogens (tertiary/aromatic N) is 1. The van der Waals surface area contributed by atoms with Gasteiger partial charge in [0.2, 0.25) is 0 Å². The molecule has 2 aromatic rings. The van der Waals surface area contributed by atoms with Crippen molar-refractivity contribution in [3.63, 3.8) is 0 Å². The van der Waals surface area contributed by atoms with Gasteiger partial charge < -0.3 is 10.5 Å². The number of nitrogens with two attached hydrogens (primary N) is 1. The van der Waals surface area contributed by atoms with E-state index < -0.39 is 24.0 Å². The number of thiazole rings is 1. The van der Waals surface area contributed by atoms with E-state index in [-0.39, 0.29) is 11.8 Å². The molecule has 0 spiro atoms. The van der Waals surface area contributed by atoms with Crippen molar-refractivity contribution in [3.05, 3.63) is 29.3 Å². The van der Waals surface area contributed by atoms with E-state index in [1.807, 2.05) is 29.6 Å². The minimum Gasteiger partial charge on any atom is -0.452 e. The molecule has 0 unspecified atom stereocenters. The molecule has 1 saturated carbocycles. The SMILES string of the molecule is C[C@H](OC(=O)[C@@H]1CCCC[C@@H]1c1nc2ccccc2s1)C(=O)NC(N)=O. The lowest BCUT2D eigenvalue weighted by atomic mass is 9.79. The van der Waals surface area contributed by atoms with Crippen molar-refractivity contribution in [1.29, 1.82) is 0 Å². The number of para-hydroxylation sites is 1. The molecule has 1 fully saturated rings. The van der Waals surface area contributed by atoms with Crippen LogP contribution in [0, 0.1) is 5.92 Å². The van der Waals surface area contributed by atoms with Crippen molar-refractivity contribution in [3.8, 4) is 0 Å². The van der Waals surface area contributed by atoms with Crippen molar-refractivity contribution in [2.45, 2.75) is 44.6 Å². The van der Waals surface area contributed by atoms with Crippen LogP contribution in [0.4, 0.5) is 4.79 Å². The molecule has 3 N–H and O–H groups in total. The third-order valence-corrected chi connectivity index (χ3v) is 5.77. The van der Waals surface area contributed by atoms with Gasteiger partial charge in [0.25, 0.3) is 5.91 Å². The van der Waals surface area contributed by atoms with Crippen LogP contribution in [0.25, 0.3) is 10.2 Å². The zero-order valence-corrected chi connectivity index (χ0v) is 15.3. The highest BCUT2D eigenvalue weighted by molar-refractivity contribution is 7.18. The molecular weight excluding hydrogens is 354 g/mol. The Morgan fingerprint density at radius 2 is 2.00 bits per heavy atom. The maximum atomic E-state index is 12.7. The number of esters is 1. The van der Waals surface area contributed by atoms with Gasteiger partial charge in [-0.25, -0.2) is 9.78 Å². The van der Waals surface area contributed by atoms with Gasteiger partial charge in [0.05, 0.1) is 21.1 Å². The molecule has 1 aromatic carbocycles. The number of carbonyl (C=O) groups is 3. The van der Waals surface area contributed by atoms with Crippen LogP contribution in [0.15, 0.2) is 24.3 Å². The minimum atomic E-state index is -1.08. The number of carbonyl (C=O) groups excluding carboxylic acids is 3. The van der Waals surface area contributed by atoms with Crippen LogP contribution in [0.1, 0.15) is 43.5 Å². The Morgan fingerprint density at radius 1 is 1.27 bits per heavy atom. The Balaban J connectivity index is 1.74. The summed E-state index contributed by atoms with van der Waals surface area (Å²) in [5.41, 5.74) is 5.85. The molecule has 3 rings (SSSR count). The summed E-state index contributed by atoms with van der Waals surface area (Å²) in [5.74, 6) is -1.51. The molecule has 3 amide bonds. The molecule has 26 heavy (non-hydrogen) atoms. The highest BCUT2D eigenvalue weighted by Crippen LogP contribution is 2.41. The third kappa shape index (κ3) is 4.01. The smallest absolute Gasteiger partial charge is 0.318 e. The number of hydrogen-bond acceptors (Lipinski definition) is 6. The molecule has 1 aliphatic carbocycles. The average Bonchev–Trinajstić information content (AvgIpc) is 3.05. The van der Waals surface area contributed by atoms with Gasteiger partial charge in [0.15, 0.2) is 6.10 Å². The zero-order valence-electron chi connectivity index (χ0n) is 14.4. The Bertz CT molecular complexity index is 802. The lowest BCUT2D eigenvalue weighted by molar-refractivity contribution is -0.160. The second kappa shape index (κ2) is 7.82. The summed E-state index contributed by atoms with van der Waals surface area (Å²) < 4.78 is 6.39. The van der Waals surface area contributed by atoms with Crippen molar-refractivity contribution in [2.24, 2.45) is 11.7 Å².